The van der Waals surface area contributed by atoms with Gasteiger partial charge in [-0.25, -0.2) is 4.98 Å². The lowest BCUT2D eigenvalue weighted by Crippen LogP contribution is -2.53. The number of aromatic nitrogens is 1. The van der Waals surface area contributed by atoms with Crippen LogP contribution in [0.2, 0.25) is 0 Å². The van der Waals surface area contributed by atoms with Gasteiger partial charge in [0, 0.05) is 18.8 Å². The van der Waals surface area contributed by atoms with E-state index in [1.54, 1.807) is 6.20 Å². The molecule has 3 unspecified atom stereocenters. The van der Waals surface area contributed by atoms with Crippen molar-refractivity contribution in [2.75, 3.05) is 12.3 Å². The largest absolute Gasteiger partial charge is 0.383 e. The van der Waals surface area contributed by atoms with Crippen molar-refractivity contribution in [2.24, 2.45) is 11.7 Å². The fourth-order valence-electron chi connectivity index (χ4n) is 3.45. The van der Waals surface area contributed by atoms with Gasteiger partial charge >= 0.3 is 0 Å². The number of nitrogens with zero attached hydrogens (tertiary/aromatic N) is 1. The van der Waals surface area contributed by atoms with E-state index >= 15 is 0 Å². The van der Waals surface area contributed by atoms with Crippen LogP contribution >= 0.6 is 0 Å². The van der Waals surface area contributed by atoms with Gasteiger partial charge in [-0.05, 0) is 43.7 Å². The molecule has 1 aromatic rings. The summed E-state index contributed by atoms with van der Waals surface area (Å²) in [5, 5.41) is 0. The number of nitrogen functional groups attached to an aromatic ring is 1. The number of ether oxygens (including phenoxy) is 1. The standard InChI is InChI=1S/C16H27N3O/c1-3-20-16(8-4-6-12(2)11-16)14(17)10-13-7-5-9-19-15(13)18/h5,7,9,12,14H,3-4,6,8,10-11,17H2,1-2H3,(H2,18,19). The summed E-state index contributed by atoms with van der Waals surface area (Å²) in [5.41, 5.74) is 13.3. The predicted octanol–water partition coefficient (Wildman–Crippen LogP) is 2.52. The number of pyridine rings is 1. The topological polar surface area (TPSA) is 74.2 Å². The lowest BCUT2D eigenvalue weighted by atomic mass is 9.73. The molecule has 4 nitrogen and oxygen atoms in total. The van der Waals surface area contributed by atoms with E-state index in [9.17, 15) is 0 Å². The van der Waals surface area contributed by atoms with Crippen LogP contribution in [0.5, 0.6) is 0 Å². The third kappa shape index (κ3) is 3.30. The fraction of sp³-hybridized carbons (Fsp3) is 0.688. The molecule has 1 aromatic heterocycles. The van der Waals surface area contributed by atoms with Gasteiger partial charge in [-0.3, -0.25) is 0 Å². The Morgan fingerprint density at radius 1 is 1.55 bits per heavy atom. The number of nitrogens with two attached hydrogens (primary N) is 2. The Hall–Kier alpha value is -1.13. The van der Waals surface area contributed by atoms with Crippen LogP contribution in [-0.2, 0) is 11.2 Å². The first kappa shape index (κ1) is 15.3. The summed E-state index contributed by atoms with van der Waals surface area (Å²) < 4.78 is 6.13. The first-order valence-corrected chi connectivity index (χ1v) is 7.66. The van der Waals surface area contributed by atoms with Gasteiger partial charge in [0.1, 0.15) is 5.82 Å². The zero-order valence-electron chi connectivity index (χ0n) is 12.6. The predicted molar refractivity (Wildman–Crippen MR) is 82.3 cm³/mol. The minimum Gasteiger partial charge on any atom is -0.383 e. The third-order valence-corrected chi connectivity index (χ3v) is 4.46. The highest BCUT2D eigenvalue weighted by Gasteiger charge is 2.41. The highest BCUT2D eigenvalue weighted by Crippen LogP contribution is 2.38. The second-order valence-electron chi connectivity index (χ2n) is 6.06. The first-order valence-electron chi connectivity index (χ1n) is 7.66. The highest BCUT2D eigenvalue weighted by atomic mass is 16.5. The molecule has 0 saturated heterocycles. The van der Waals surface area contributed by atoms with Crippen LogP contribution in [0.3, 0.4) is 0 Å². The van der Waals surface area contributed by atoms with Crippen molar-refractivity contribution < 1.29 is 4.74 Å². The van der Waals surface area contributed by atoms with Gasteiger partial charge in [0.2, 0.25) is 0 Å². The van der Waals surface area contributed by atoms with Crippen LogP contribution in [0, 0.1) is 5.92 Å². The van der Waals surface area contributed by atoms with Gasteiger partial charge in [0.05, 0.1) is 5.60 Å². The minimum absolute atomic E-state index is 0.0308. The van der Waals surface area contributed by atoms with E-state index in [-0.39, 0.29) is 11.6 Å². The van der Waals surface area contributed by atoms with Crippen LogP contribution in [0.1, 0.15) is 45.1 Å². The first-order chi connectivity index (χ1) is 9.57. The van der Waals surface area contributed by atoms with Crippen molar-refractivity contribution in [2.45, 2.75) is 57.6 Å². The van der Waals surface area contributed by atoms with Crippen LogP contribution in [0.25, 0.3) is 0 Å². The van der Waals surface area contributed by atoms with Crippen LogP contribution in [0.15, 0.2) is 18.3 Å². The van der Waals surface area contributed by atoms with Gasteiger partial charge in [-0.15, -0.1) is 0 Å². The van der Waals surface area contributed by atoms with Gasteiger partial charge in [0.25, 0.3) is 0 Å². The fourth-order valence-corrected chi connectivity index (χ4v) is 3.45. The van der Waals surface area contributed by atoms with Gasteiger partial charge in [-0.1, -0.05) is 25.8 Å². The molecule has 20 heavy (non-hydrogen) atoms. The molecule has 0 aliphatic heterocycles. The van der Waals surface area contributed by atoms with Gasteiger partial charge in [-0.2, -0.15) is 0 Å². The van der Waals surface area contributed by atoms with Crippen molar-refractivity contribution in [3.63, 3.8) is 0 Å². The van der Waals surface area contributed by atoms with Crippen molar-refractivity contribution in [3.05, 3.63) is 23.9 Å². The molecular weight excluding hydrogens is 250 g/mol. The Kier molecular flexibility index (Phi) is 5.00. The Bertz CT molecular complexity index is 433. The Morgan fingerprint density at radius 3 is 3.00 bits per heavy atom. The Morgan fingerprint density at radius 2 is 2.35 bits per heavy atom. The maximum Gasteiger partial charge on any atom is 0.126 e. The van der Waals surface area contributed by atoms with Gasteiger partial charge < -0.3 is 16.2 Å². The van der Waals surface area contributed by atoms with Crippen molar-refractivity contribution in [1.82, 2.24) is 4.98 Å². The summed E-state index contributed by atoms with van der Waals surface area (Å²) >= 11 is 0. The number of rotatable bonds is 5. The van der Waals surface area contributed by atoms with Crippen LogP contribution in [-0.4, -0.2) is 23.2 Å². The molecule has 4 heteroatoms. The lowest BCUT2D eigenvalue weighted by Gasteiger charge is -2.44. The molecule has 3 atom stereocenters. The molecule has 0 radical (unpaired) electrons. The summed E-state index contributed by atoms with van der Waals surface area (Å²) in [7, 11) is 0. The molecule has 1 heterocycles. The molecule has 0 amide bonds. The summed E-state index contributed by atoms with van der Waals surface area (Å²) in [6, 6.07) is 3.89. The van der Waals surface area contributed by atoms with E-state index in [1.165, 1.54) is 12.8 Å². The average Bonchev–Trinajstić information content (AvgIpc) is 2.41. The van der Waals surface area contributed by atoms with Crippen LogP contribution < -0.4 is 11.5 Å². The second-order valence-corrected chi connectivity index (χ2v) is 6.06. The normalized spacial score (nSPS) is 28.2. The van der Waals surface area contributed by atoms with E-state index in [2.05, 4.69) is 11.9 Å². The molecule has 0 bridgehead atoms. The molecule has 1 aliphatic carbocycles. The van der Waals surface area contributed by atoms with Gasteiger partial charge in [0.15, 0.2) is 0 Å². The summed E-state index contributed by atoms with van der Waals surface area (Å²) in [4.78, 5) is 4.14. The molecule has 112 valence electrons. The molecule has 1 saturated carbocycles. The molecule has 1 aliphatic rings. The Balaban J connectivity index is 2.14. The number of hydrogen-bond acceptors (Lipinski definition) is 4. The maximum absolute atomic E-state index is 6.52. The van der Waals surface area contributed by atoms with E-state index in [4.69, 9.17) is 16.2 Å². The van der Waals surface area contributed by atoms with Crippen LogP contribution in [0.4, 0.5) is 5.82 Å². The summed E-state index contributed by atoms with van der Waals surface area (Å²) in [6.07, 6.45) is 7.00. The molecule has 4 N–H and O–H groups in total. The minimum atomic E-state index is -0.200. The summed E-state index contributed by atoms with van der Waals surface area (Å²) in [5.74, 6) is 1.26. The van der Waals surface area contributed by atoms with E-state index in [0.717, 1.165) is 24.8 Å². The van der Waals surface area contributed by atoms with E-state index < -0.39 is 0 Å². The smallest absolute Gasteiger partial charge is 0.126 e. The van der Waals surface area contributed by atoms with E-state index in [0.29, 0.717) is 18.3 Å². The number of hydrogen-bond donors (Lipinski definition) is 2. The molecule has 1 fully saturated rings. The molecule has 2 rings (SSSR count). The average molecular weight is 277 g/mol. The Labute approximate surface area is 121 Å². The lowest BCUT2D eigenvalue weighted by molar-refractivity contribution is -0.0924. The SMILES string of the molecule is CCOC1(C(N)Cc2cccnc2N)CCCC(C)C1. The molecular formula is C16H27N3O. The van der Waals surface area contributed by atoms with Crippen molar-refractivity contribution in [1.29, 1.82) is 0 Å². The maximum atomic E-state index is 6.52. The highest BCUT2D eigenvalue weighted by molar-refractivity contribution is 5.39. The number of anilines is 1. The van der Waals surface area contributed by atoms with Crippen molar-refractivity contribution >= 4 is 5.82 Å². The quantitative estimate of drug-likeness (QED) is 0.867. The zero-order valence-corrected chi connectivity index (χ0v) is 12.6. The zero-order chi connectivity index (χ0) is 14.6. The second kappa shape index (κ2) is 6.55. The van der Waals surface area contributed by atoms with Crippen molar-refractivity contribution in [3.8, 4) is 0 Å². The monoisotopic (exact) mass is 277 g/mol. The third-order valence-electron chi connectivity index (χ3n) is 4.46. The molecule has 0 spiro atoms. The molecule has 0 aromatic carbocycles. The summed E-state index contributed by atoms with van der Waals surface area (Å²) in [6.45, 7) is 5.05. The van der Waals surface area contributed by atoms with E-state index in [1.807, 2.05) is 19.1 Å².